The maximum atomic E-state index is 12.5. The third-order valence-corrected chi connectivity index (χ3v) is 4.58. The first kappa shape index (κ1) is 19.9. The summed E-state index contributed by atoms with van der Waals surface area (Å²) >= 11 is 0. The Hall–Kier alpha value is -2.44. The van der Waals surface area contributed by atoms with Gasteiger partial charge < -0.3 is 5.32 Å². The minimum atomic E-state index is -0.144. The molecule has 142 valence electrons. The first-order valence-electron chi connectivity index (χ1n) is 9.15. The van der Waals surface area contributed by atoms with Crippen LogP contribution in [0.25, 0.3) is 0 Å². The molecular formula is C19H29N5O2. The zero-order valence-electron chi connectivity index (χ0n) is 16.6. The van der Waals surface area contributed by atoms with E-state index in [-0.39, 0.29) is 24.2 Å². The van der Waals surface area contributed by atoms with Crippen LogP contribution in [0.15, 0.2) is 6.20 Å². The molecule has 0 aliphatic carbocycles. The van der Waals surface area contributed by atoms with E-state index in [1.807, 2.05) is 32.4 Å². The molecule has 1 N–H and O–H groups in total. The smallest absolute Gasteiger partial charge is 0.227 e. The molecule has 2 rings (SSSR count). The van der Waals surface area contributed by atoms with Crippen LogP contribution in [0, 0.1) is 20.8 Å². The van der Waals surface area contributed by atoms with Gasteiger partial charge in [0.25, 0.3) is 0 Å². The molecule has 0 aromatic carbocycles. The van der Waals surface area contributed by atoms with E-state index >= 15 is 0 Å². The Labute approximate surface area is 154 Å². The van der Waals surface area contributed by atoms with Crippen LogP contribution in [0.1, 0.15) is 73.4 Å². The molecule has 0 saturated heterocycles. The van der Waals surface area contributed by atoms with E-state index in [2.05, 4.69) is 22.4 Å². The summed E-state index contributed by atoms with van der Waals surface area (Å²) in [5.41, 5.74) is 3.10. The number of nitrogens with one attached hydrogen (secondary N) is 1. The van der Waals surface area contributed by atoms with Crippen LogP contribution in [0.5, 0.6) is 0 Å². The van der Waals surface area contributed by atoms with Gasteiger partial charge in [-0.3, -0.25) is 14.3 Å². The highest BCUT2D eigenvalue weighted by Crippen LogP contribution is 2.21. The highest BCUT2D eigenvalue weighted by Gasteiger charge is 2.21. The molecule has 0 saturated carbocycles. The predicted octanol–water partition coefficient (Wildman–Crippen LogP) is 3.60. The van der Waals surface area contributed by atoms with Crippen molar-refractivity contribution < 1.29 is 9.59 Å². The molecule has 26 heavy (non-hydrogen) atoms. The first-order chi connectivity index (χ1) is 12.3. The van der Waals surface area contributed by atoms with Gasteiger partial charge in [-0.05, 0) is 41.0 Å². The zero-order valence-corrected chi connectivity index (χ0v) is 16.6. The number of aryl methyl sites for hydroxylation is 3. The third-order valence-electron chi connectivity index (χ3n) is 4.58. The minimum absolute atomic E-state index is 0.00153. The highest BCUT2D eigenvalue weighted by atomic mass is 16.1. The molecule has 7 nitrogen and oxygen atoms in total. The molecule has 0 fully saturated rings. The molecular weight excluding hydrogens is 330 g/mol. The number of aromatic nitrogens is 4. The van der Waals surface area contributed by atoms with Gasteiger partial charge in [0.2, 0.25) is 5.91 Å². The Balaban J connectivity index is 2.10. The minimum Gasteiger partial charge on any atom is -0.311 e. The Morgan fingerprint density at radius 2 is 1.96 bits per heavy atom. The molecule has 1 amide bonds. The number of anilines is 1. The topological polar surface area (TPSA) is 81.8 Å². The van der Waals surface area contributed by atoms with Crippen LogP contribution in [-0.4, -0.2) is 31.3 Å². The van der Waals surface area contributed by atoms with Crippen molar-refractivity contribution in [3.05, 3.63) is 28.7 Å². The lowest BCUT2D eigenvalue weighted by atomic mass is 10.1. The van der Waals surface area contributed by atoms with Gasteiger partial charge in [-0.15, -0.1) is 0 Å². The fraction of sp³-hybridized carbons (Fsp3) is 0.579. The van der Waals surface area contributed by atoms with Crippen molar-refractivity contribution in [3.63, 3.8) is 0 Å². The van der Waals surface area contributed by atoms with Gasteiger partial charge in [-0.2, -0.15) is 10.2 Å². The van der Waals surface area contributed by atoms with Crippen LogP contribution in [0.2, 0.25) is 0 Å². The first-order valence-corrected chi connectivity index (χ1v) is 9.15. The van der Waals surface area contributed by atoms with E-state index < -0.39 is 0 Å². The van der Waals surface area contributed by atoms with Crippen LogP contribution >= 0.6 is 0 Å². The van der Waals surface area contributed by atoms with Gasteiger partial charge in [-0.25, -0.2) is 4.68 Å². The van der Waals surface area contributed by atoms with E-state index in [1.54, 1.807) is 17.8 Å². The lowest BCUT2D eigenvalue weighted by Gasteiger charge is -2.15. The van der Waals surface area contributed by atoms with Gasteiger partial charge in [0.1, 0.15) is 5.82 Å². The predicted molar refractivity (Wildman–Crippen MR) is 102 cm³/mol. The van der Waals surface area contributed by atoms with Crippen molar-refractivity contribution >= 4 is 17.5 Å². The van der Waals surface area contributed by atoms with Gasteiger partial charge in [0, 0.05) is 24.2 Å². The molecule has 0 aliphatic rings. The molecule has 1 atom stereocenters. The number of ketones is 1. The number of hydrogen-bond acceptors (Lipinski definition) is 4. The van der Waals surface area contributed by atoms with Crippen LogP contribution in [0.3, 0.4) is 0 Å². The lowest BCUT2D eigenvalue weighted by Crippen LogP contribution is -2.21. The van der Waals surface area contributed by atoms with E-state index in [0.717, 1.165) is 36.5 Å². The summed E-state index contributed by atoms with van der Waals surface area (Å²) in [6.07, 6.45) is 4.13. The Bertz CT molecular complexity index is 803. The van der Waals surface area contributed by atoms with Crippen molar-refractivity contribution in [2.45, 2.75) is 73.4 Å². The van der Waals surface area contributed by atoms with Crippen molar-refractivity contribution in [2.24, 2.45) is 0 Å². The van der Waals surface area contributed by atoms with E-state index in [0.29, 0.717) is 11.3 Å². The van der Waals surface area contributed by atoms with Gasteiger partial charge >= 0.3 is 0 Å². The monoisotopic (exact) mass is 359 g/mol. The average Bonchev–Trinajstić information content (AvgIpc) is 3.05. The summed E-state index contributed by atoms with van der Waals surface area (Å²) in [6, 6.07) is -0.144. The summed E-state index contributed by atoms with van der Waals surface area (Å²) in [7, 11) is 0. The molecule has 0 spiro atoms. The number of nitrogens with zero attached hydrogens (tertiary/aromatic N) is 4. The third kappa shape index (κ3) is 4.20. The fourth-order valence-electron chi connectivity index (χ4n) is 3.26. The van der Waals surface area contributed by atoms with E-state index in [9.17, 15) is 9.59 Å². The molecule has 0 aliphatic heterocycles. The Morgan fingerprint density at radius 3 is 2.54 bits per heavy atom. The summed E-state index contributed by atoms with van der Waals surface area (Å²) in [6.45, 7) is 12.0. The fourth-order valence-corrected chi connectivity index (χ4v) is 3.26. The normalized spacial score (nSPS) is 12.2. The standard InChI is InChI=1S/C19H29N5O2/c1-7-8-9-23-19(12(2)11-20-23)21-17(26)10-13(3)24-15(5)18(16(6)25)14(4)22-24/h11,13H,7-10H2,1-6H3,(H,21,26). The average molecular weight is 359 g/mol. The molecule has 2 aromatic heterocycles. The summed E-state index contributed by atoms with van der Waals surface area (Å²) in [4.78, 5) is 24.3. The molecule has 7 heteroatoms. The largest absolute Gasteiger partial charge is 0.311 e. The van der Waals surface area contributed by atoms with Gasteiger partial charge in [-0.1, -0.05) is 13.3 Å². The SMILES string of the molecule is CCCCn1ncc(C)c1NC(=O)CC(C)n1nc(C)c(C(C)=O)c1C. The number of Topliss-reactive ketones (excluding diaryl/α,β-unsaturated/α-hetero) is 1. The second kappa shape index (κ2) is 8.29. The summed E-state index contributed by atoms with van der Waals surface area (Å²) < 4.78 is 3.62. The molecule has 2 heterocycles. The number of amides is 1. The van der Waals surface area contributed by atoms with Gasteiger partial charge in [0.15, 0.2) is 5.78 Å². The summed E-state index contributed by atoms with van der Waals surface area (Å²) in [5, 5.41) is 11.8. The highest BCUT2D eigenvalue weighted by molar-refractivity contribution is 5.96. The zero-order chi connectivity index (χ0) is 19.4. The molecule has 0 bridgehead atoms. The van der Waals surface area contributed by atoms with Crippen LogP contribution in [0.4, 0.5) is 5.82 Å². The quantitative estimate of drug-likeness (QED) is 0.730. The van der Waals surface area contributed by atoms with Crippen molar-refractivity contribution in [1.82, 2.24) is 19.6 Å². The summed E-state index contributed by atoms with van der Waals surface area (Å²) in [5.74, 6) is 0.669. The second-order valence-electron chi connectivity index (χ2n) is 6.90. The molecule has 1 unspecified atom stereocenters. The van der Waals surface area contributed by atoms with Crippen LogP contribution in [-0.2, 0) is 11.3 Å². The Morgan fingerprint density at radius 1 is 1.27 bits per heavy atom. The number of rotatable bonds is 8. The van der Waals surface area contributed by atoms with E-state index in [4.69, 9.17) is 0 Å². The number of unbranched alkanes of at least 4 members (excludes halogenated alkanes) is 1. The van der Waals surface area contributed by atoms with Crippen molar-refractivity contribution in [2.75, 3.05) is 5.32 Å². The second-order valence-corrected chi connectivity index (χ2v) is 6.90. The van der Waals surface area contributed by atoms with Crippen molar-refractivity contribution in [3.8, 4) is 0 Å². The lowest BCUT2D eigenvalue weighted by molar-refractivity contribution is -0.116. The van der Waals surface area contributed by atoms with Gasteiger partial charge in [0.05, 0.1) is 23.5 Å². The van der Waals surface area contributed by atoms with Crippen molar-refractivity contribution in [1.29, 1.82) is 0 Å². The molecule has 0 radical (unpaired) electrons. The molecule has 2 aromatic rings. The number of carbonyl (C=O) groups is 2. The van der Waals surface area contributed by atoms with Crippen LogP contribution < -0.4 is 5.32 Å². The maximum Gasteiger partial charge on any atom is 0.227 e. The van der Waals surface area contributed by atoms with E-state index in [1.165, 1.54) is 0 Å². The Kier molecular flexibility index (Phi) is 6.34. The number of hydrogen-bond donors (Lipinski definition) is 1. The maximum absolute atomic E-state index is 12.5. The number of carbonyl (C=O) groups excluding carboxylic acids is 2.